The van der Waals surface area contributed by atoms with Gasteiger partial charge in [0, 0.05) is 35.8 Å². The molecule has 0 spiro atoms. The molecule has 2 aromatic rings. The third kappa shape index (κ3) is 8.13. The Labute approximate surface area is 181 Å². The molecule has 0 radical (unpaired) electrons. The Bertz CT molecular complexity index is 909. The molecule has 0 saturated carbocycles. The van der Waals surface area contributed by atoms with Gasteiger partial charge < -0.3 is 20.7 Å². The van der Waals surface area contributed by atoms with E-state index in [1.807, 2.05) is 12.1 Å². The molecule has 2 rings (SSSR count). The van der Waals surface area contributed by atoms with Crippen molar-refractivity contribution in [2.75, 3.05) is 11.9 Å². The van der Waals surface area contributed by atoms with Gasteiger partial charge in [-0.25, -0.2) is 4.79 Å². The fraction of sp³-hybridized carbons (Fsp3) is 0.318. The molecule has 0 aliphatic carbocycles. The Kier molecular flexibility index (Phi) is 8.24. The highest BCUT2D eigenvalue weighted by atomic mass is 35.5. The lowest BCUT2D eigenvalue weighted by Gasteiger charge is -2.19. The lowest BCUT2D eigenvalue weighted by molar-refractivity contribution is -0.121. The maximum Gasteiger partial charge on any atom is 0.407 e. The summed E-state index contributed by atoms with van der Waals surface area (Å²) in [6.45, 7) is 5.69. The topological polar surface area (TPSA) is 96.5 Å². The molecule has 0 atom stereocenters. The minimum Gasteiger partial charge on any atom is -0.444 e. The molecule has 0 saturated heterocycles. The predicted octanol–water partition coefficient (Wildman–Crippen LogP) is 4.12. The number of rotatable bonds is 7. The van der Waals surface area contributed by atoms with Crippen LogP contribution in [0.15, 0.2) is 48.5 Å². The summed E-state index contributed by atoms with van der Waals surface area (Å²) in [6, 6.07) is 13.8. The number of carbonyl (C=O) groups is 3. The Morgan fingerprint density at radius 2 is 1.73 bits per heavy atom. The van der Waals surface area contributed by atoms with Gasteiger partial charge in [-0.15, -0.1) is 0 Å². The van der Waals surface area contributed by atoms with Crippen LogP contribution in [0.4, 0.5) is 10.5 Å². The van der Waals surface area contributed by atoms with E-state index >= 15 is 0 Å². The molecular formula is C22H26ClN3O4. The number of benzene rings is 2. The van der Waals surface area contributed by atoms with Crippen LogP contribution in [0, 0.1) is 0 Å². The summed E-state index contributed by atoms with van der Waals surface area (Å²) in [5, 5.41) is 8.63. The summed E-state index contributed by atoms with van der Waals surface area (Å²) in [7, 11) is 0. The Hall–Kier alpha value is -3.06. The van der Waals surface area contributed by atoms with Crippen LogP contribution in [0.2, 0.25) is 5.02 Å². The van der Waals surface area contributed by atoms with Crippen LogP contribution in [0.25, 0.3) is 0 Å². The van der Waals surface area contributed by atoms with Crippen molar-refractivity contribution in [3.8, 4) is 0 Å². The van der Waals surface area contributed by atoms with E-state index in [4.69, 9.17) is 16.3 Å². The van der Waals surface area contributed by atoms with Gasteiger partial charge in [-0.1, -0.05) is 35.9 Å². The molecular weight excluding hydrogens is 406 g/mol. The molecule has 0 heterocycles. The second-order valence-electron chi connectivity index (χ2n) is 7.58. The van der Waals surface area contributed by atoms with Gasteiger partial charge in [0.05, 0.1) is 0 Å². The molecule has 30 heavy (non-hydrogen) atoms. The average Bonchev–Trinajstić information content (AvgIpc) is 2.66. The number of hydrogen-bond acceptors (Lipinski definition) is 4. The number of carbonyl (C=O) groups excluding carboxylic acids is 3. The van der Waals surface area contributed by atoms with Gasteiger partial charge in [0.25, 0.3) is 5.91 Å². The van der Waals surface area contributed by atoms with Crippen LogP contribution >= 0.6 is 11.6 Å². The van der Waals surface area contributed by atoms with E-state index in [1.54, 1.807) is 57.2 Å². The summed E-state index contributed by atoms with van der Waals surface area (Å²) >= 11 is 5.94. The number of hydrogen-bond donors (Lipinski definition) is 3. The number of nitrogens with one attached hydrogen (secondary N) is 3. The summed E-state index contributed by atoms with van der Waals surface area (Å²) in [5.41, 5.74) is 1.19. The van der Waals surface area contributed by atoms with Crippen molar-refractivity contribution in [2.45, 2.75) is 39.3 Å². The van der Waals surface area contributed by atoms with E-state index in [9.17, 15) is 14.4 Å². The zero-order chi connectivity index (χ0) is 22.1. The predicted molar refractivity (Wildman–Crippen MR) is 117 cm³/mol. The second kappa shape index (κ2) is 10.6. The molecule has 160 valence electrons. The van der Waals surface area contributed by atoms with E-state index in [0.29, 0.717) is 16.3 Å². The summed E-state index contributed by atoms with van der Waals surface area (Å²) in [5.74, 6) is -0.528. The number of para-hydroxylation sites is 1. The van der Waals surface area contributed by atoms with Gasteiger partial charge in [-0.3, -0.25) is 9.59 Å². The normalized spacial score (nSPS) is 10.8. The van der Waals surface area contributed by atoms with Gasteiger partial charge in [-0.05, 0) is 50.6 Å². The molecule has 0 unspecified atom stereocenters. The van der Waals surface area contributed by atoms with Crippen LogP contribution in [0.5, 0.6) is 0 Å². The Morgan fingerprint density at radius 3 is 2.43 bits per heavy atom. The third-order valence-corrected chi connectivity index (χ3v) is 4.08. The summed E-state index contributed by atoms with van der Waals surface area (Å²) in [6.07, 6.45) is -0.458. The summed E-state index contributed by atoms with van der Waals surface area (Å²) < 4.78 is 5.12. The quantitative estimate of drug-likeness (QED) is 0.614. The van der Waals surface area contributed by atoms with Gasteiger partial charge in [0.2, 0.25) is 5.91 Å². The molecule has 0 aromatic heterocycles. The number of amides is 3. The molecule has 3 N–H and O–H groups in total. The smallest absolute Gasteiger partial charge is 0.407 e. The van der Waals surface area contributed by atoms with E-state index < -0.39 is 11.7 Å². The number of alkyl carbamates (subject to hydrolysis) is 1. The standard InChI is InChI=1S/C22H26ClN3O4/c1-22(2,3)30-21(29)24-12-11-19(27)25-14-16-7-4-5-10-18(16)26-20(28)15-8-6-9-17(23)13-15/h4-10,13H,11-12,14H2,1-3H3,(H,24,29)(H,25,27)(H,26,28). The zero-order valence-electron chi connectivity index (χ0n) is 17.3. The van der Waals surface area contributed by atoms with Crippen molar-refractivity contribution in [1.29, 1.82) is 0 Å². The van der Waals surface area contributed by atoms with Crippen molar-refractivity contribution in [1.82, 2.24) is 10.6 Å². The maximum absolute atomic E-state index is 12.5. The van der Waals surface area contributed by atoms with Crippen LogP contribution < -0.4 is 16.0 Å². The fourth-order valence-electron chi connectivity index (χ4n) is 2.50. The average molecular weight is 432 g/mol. The highest BCUT2D eigenvalue weighted by Gasteiger charge is 2.16. The number of anilines is 1. The molecule has 7 nitrogen and oxygen atoms in total. The first-order chi connectivity index (χ1) is 14.1. The van der Waals surface area contributed by atoms with Gasteiger partial charge in [0.1, 0.15) is 5.60 Å². The molecule has 8 heteroatoms. The van der Waals surface area contributed by atoms with E-state index in [0.717, 1.165) is 5.56 Å². The molecule has 0 aliphatic heterocycles. The fourth-order valence-corrected chi connectivity index (χ4v) is 2.69. The van der Waals surface area contributed by atoms with Crippen molar-refractivity contribution < 1.29 is 19.1 Å². The van der Waals surface area contributed by atoms with Gasteiger partial charge in [0.15, 0.2) is 0 Å². The van der Waals surface area contributed by atoms with Crippen LogP contribution in [0.1, 0.15) is 43.1 Å². The van der Waals surface area contributed by atoms with Crippen LogP contribution in [-0.4, -0.2) is 30.1 Å². The van der Waals surface area contributed by atoms with Crippen molar-refractivity contribution in [2.24, 2.45) is 0 Å². The molecule has 2 aromatic carbocycles. The largest absolute Gasteiger partial charge is 0.444 e. The first-order valence-corrected chi connectivity index (χ1v) is 9.90. The van der Waals surface area contributed by atoms with Crippen molar-refractivity contribution >= 4 is 35.2 Å². The van der Waals surface area contributed by atoms with E-state index in [1.165, 1.54) is 0 Å². The lowest BCUT2D eigenvalue weighted by atomic mass is 10.1. The van der Waals surface area contributed by atoms with Gasteiger partial charge in [-0.2, -0.15) is 0 Å². The molecule has 0 bridgehead atoms. The number of ether oxygens (including phenoxy) is 1. The minimum absolute atomic E-state index is 0.107. The number of halogens is 1. The van der Waals surface area contributed by atoms with E-state index in [-0.39, 0.29) is 31.3 Å². The highest BCUT2D eigenvalue weighted by molar-refractivity contribution is 6.31. The molecule has 3 amide bonds. The maximum atomic E-state index is 12.5. The van der Waals surface area contributed by atoms with E-state index in [2.05, 4.69) is 16.0 Å². The first kappa shape index (κ1) is 23.2. The second-order valence-corrected chi connectivity index (χ2v) is 8.01. The first-order valence-electron chi connectivity index (χ1n) is 9.52. The highest BCUT2D eigenvalue weighted by Crippen LogP contribution is 2.17. The van der Waals surface area contributed by atoms with Crippen molar-refractivity contribution in [3.63, 3.8) is 0 Å². The summed E-state index contributed by atoms with van der Waals surface area (Å²) in [4.78, 5) is 36.1. The monoisotopic (exact) mass is 431 g/mol. The minimum atomic E-state index is -0.592. The Morgan fingerprint density at radius 1 is 1.00 bits per heavy atom. The lowest BCUT2D eigenvalue weighted by Crippen LogP contribution is -2.35. The van der Waals surface area contributed by atoms with Crippen molar-refractivity contribution in [3.05, 3.63) is 64.7 Å². The van der Waals surface area contributed by atoms with Crippen LogP contribution in [0.3, 0.4) is 0 Å². The zero-order valence-corrected chi connectivity index (χ0v) is 18.0. The third-order valence-electron chi connectivity index (χ3n) is 3.85. The Balaban J connectivity index is 1.85. The van der Waals surface area contributed by atoms with Crippen LogP contribution in [-0.2, 0) is 16.1 Å². The molecule has 0 aliphatic rings. The SMILES string of the molecule is CC(C)(C)OC(=O)NCCC(=O)NCc1ccccc1NC(=O)c1cccc(Cl)c1. The van der Waals surface area contributed by atoms with Gasteiger partial charge >= 0.3 is 6.09 Å². The molecule has 0 fully saturated rings.